The van der Waals surface area contributed by atoms with Gasteiger partial charge in [0.2, 0.25) is 0 Å². The number of sulfone groups is 1. The summed E-state index contributed by atoms with van der Waals surface area (Å²) >= 11 is 0. The van der Waals surface area contributed by atoms with Gasteiger partial charge in [0.1, 0.15) is 0 Å². The third kappa shape index (κ3) is 2.99. The third-order valence-corrected chi connectivity index (χ3v) is 5.86. The minimum atomic E-state index is -3.39. The van der Waals surface area contributed by atoms with Crippen LogP contribution >= 0.6 is 0 Å². The van der Waals surface area contributed by atoms with Crippen molar-refractivity contribution in [3.05, 3.63) is 60.4 Å². The van der Waals surface area contributed by atoms with Crippen molar-refractivity contribution in [2.45, 2.75) is 11.3 Å². The minimum absolute atomic E-state index is 0.0844. The first-order valence-electron chi connectivity index (χ1n) is 8.07. The van der Waals surface area contributed by atoms with Gasteiger partial charge in [0, 0.05) is 18.9 Å². The second-order valence-corrected chi connectivity index (χ2v) is 8.00. The first-order valence-corrected chi connectivity index (χ1v) is 9.72. The summed E-state index contributed by atoms with van der Waals surface area (Å²) in [6.45, 7) is 0. The maximum atomic E-state index is 12.4. The molecule has 0 unspecified atom stereocenters. The van der Waals surface area contributed by atoms with Crippen LogP contribution in [0.4, 0.5) is 0 Å². The molecule has 0 aliphatic heterocycles. The molecule has 0 fully saturated rings. The van der Waals surface area contributed by atoms with Crippen LogP contribution in [0.3, 0.4) is 0 Å². The van der Waals surface area contributed by atoms with E-state index in [-0.39, 0.29) is 18.1 Å². The highest BCUT2D eigenvalue weighted by molar-refractivity contribution is 7.91. The second-order valence-electron chi connectivity index (χ2n) is 5.89. The van der Waals surface area contributed by atoms with E-state index in [2.05, 4.69) is 15.2 Å². The summed E-state index contributed by atoms with van der Waals surface area (Å²) in [5.74, 6) is 0.544. The van der Waals surface area contributed by atoms with Crippen molar-refractivity contribution in [2.75, 3.05) is 5.75 Å². The molecule has 4 rings (SSSR count). The fraction of sp³-hybridized carbons (Fsp3) is 0.167. The van der Waals surface area contributed by atoms with Crippen LogP contribution in [0, 0.1) is 0 Å². The molecular weight excluding hydrogens is 352 g/mol. The van der Waals surface area contributed by atoms with E-state index >= 15 is 0 Å². The molecule has 0 saturated carbocycles. The van der Waals surface area contributed by atoms with Gasteiger partial charge in [-0.2, -0.15) is 10.1 Å². The average Bonchev–Trinajstić information content (AvgIpc) is 3.26. The number of hydrogen-bond donors (Lipinski definition) is 0. The van der Waals surface area contributed by atoms with Gasteiger partial charge in [-0.3, -0.25) is 4.68 Å². The number of hydrogen-bond acceptors (Lipinski definition) is 6. The summed E-state index contributed by atoms with van der Waals surface area (Å²) < 4.78 is 31.8. The molecule has 0 atom stereocenters. The van der Waals surface area contributed by atoms with Crippen molar-refractivity contribution in [1.82, 2.24) is 19.9 Å². The monoisotopic (exact) mass is 368 g/mol. The summed E-state index contributed by atoms with van der Waals surface area (Å²) in [7, 11) is -1.54. The topological polar surface area (TPSA) is 90.9 Å². The molecule has 0 N–H and O–H groups in total. The Kier molecular flexibility index (Phi) is 4.04. The molecule has 2 heterocycles. The second kappa shape index (κ2) is 6.38. The van der Waals surface area contributed by atoms with Crippen LogP contribution in [0.5, 0.6) is 0 Å². The first kappa shape index (κ1) is 16.5. The largest absolute Gasteiger partial charge is 0.332 e. The lowest BCUT2D eigenvalue weighted by atomic mass is 10.2. The lowest BCUT2D eigenvalue weighted by Gasteiger charge is -2.01. The zero-order valence-corrected chi connectivity index (χ0v) is 14.8. The Balaban J connectivity index is 1.57. The van der Waals surface area contributed by atoms with Gasteiger partial charge in [-0.15, -0.1) is 0 Å². The molecule has 0 aliphatic rings. The van der Waals surface area contributed by atoms with Gasteiger partial charge in [-0.05, 0) is 18.2 Å². The molecule has 0 saturated heterocycles. The lowest BCUT2D eigenvalue weighted by Crippen LogP contribution is -2.09. The summed E-state index contributed by atoms with van der Waals surface area (Å²) in [6, 6.07) is 16.1. The number of fused-ring (bicyclic) bond motifs is 1. The molecule has 2 aromatic heterocycles. The molecule has 7 nitrogen and oxygen atoms in total. The highest BCUT2D eigenvalue weighted by Crippen LogP contribution is 2.26. The Bertz CT molecular complexity index is 1160. The molecule has 8 heteroatoms. The van der Waals surface area contributed by atoms with E-state index in [9.17, 15) is 8.42 Å². The van der Waals surface area contributed by atoms with Crippen LogP contribution < -0.4 is 0 Å². The van der Waals surface area contributed by atoms with Gasteiger partial charge < -0.3 is 4.52 Å². The average molecular weight is 368 g/mol. The molecule has 0 aliphatic carbocycles. The smallest absolute Gasteiger partial charge is 0.279 e. The van der Waals surface area contributed by atoms with Crippen LogP contribution in [0.15, 0.2) is 64.0 Å². The van der Waals surface area contributed by atoms with Crippen LogP contribution in [0.25, 0.3) is 22.5 Å². The van der Waals surface area contributed by atoms with Crippen LogP contribution in [-0.4, -0.2) is 34.1 Å². The van der Waals surface area contributed by atoms with Crippen molar-refractivity contribution < 1.29 is 12.9 Å². The van der Waals surface area contributed by atoms with Gasteiger partial charge in [0.05, 0.1) is 16.2 Å². The molecule has 132 valence electrons. The van der Waals surface area contributed by atoms with Crippen LogP contribution in [-0.2, 0) is 23.3 Å². The summed E-state index contributed by atoms with van der Waals surface area (Å²) in [5, 5.41) is 9.24. The zero-order valence-electron chi connectivity index (χ0n) is 14.0. The van der Waals surface area contributed by atoms with Crippen molar-refractivity contribution in [2.24, 2.45) is 7.05 Å². The predicted molar refractivity (Wildman–Crippen MR) is 96.2 cm³/mol. The van der Waals surface area contributed by atoms with E-state index in [1.807, 2.05) is 31.3 Å². The van der Waals surface area contributed by atoms with Crippen molar-refractivity contribution in [3.8, 4) is 11.6 Å². The van der Waals surface area contributed by atoms with Gasteiger partial charge in [0.25, 0.3) is 5.89 Å². The highest BCUT2D eigenvalue weighted by Gasteiger charge is 2.19. The first-order chi connectivity index (χ1) is 12.5. The fourth-order valence-corrected chi connectivity index (χ4v) is 4.05. The minimum Gasteiger partial charge on any atom is -0.332 e. The van der Waals surface area contributed by atoms with Crippen LogP contribution in [0.1, 0.15) is 5.82 Å². The Morgan fingerprint density at radius 3 is 2.58 bits per heavy atom. The molecule has 0 amide bonds. The Morgan fingerprint density at radius 2 is 1.77 bits per heavy atom. The van der Waals surface area contributed by atoms with E-state index in [1.54, 1.807) is 35.0 Å². The standard InChI is InChI=1S/C18H16N4O3S/c1-22-15-10-6-5-9-14(15)17(20-22)18-19-16(21-25-18)11-12-26(23,24)13-7-3-2-4-8-13/h2-10H,11-12H2,1H3. The molecule has 0 bridgehead atoms. The van der Waals surface area contributed by atoms with Gasteiger partial charge in [0.15, 0.2) is 21.4 Å². The van der Waals surface area contributed by atoms with Crippen molar-refractivity contribution in [3.63, 3.8) is 0 Å². The number of nitrogens with zero attached hydrogens (tertiary/aromatic N) is 4. The molecule has 4 aromatic rings. The number of benzene rings is 2. The third-order valence-electron chi connectivity index (χ3n) is 4.13. The van der Waals surface area contributed by atoms with E-state index < -0.39 is 9.84 Å². The quantitative estimate of drug-likeness (QED) is 0.538. The van der Waals surface area contributed by atoms with Gasteiger partial charge in [-0.25, -0.2) is 8.42 Å². The van der Waals surface area contributed by atoms with E-state index in [1.165, 1.54) is 0 Å². The highest BCUT2D eigenvalue weighted by atomic mass is 32.2. The summed E-state index contributed by atoms with van der Waals surface area (Å²) in [4.78, 5) is 4.61. The normalized spacial score (nSPS) is 11.9. The number of rotatable bonds is 5. The van der Waals surface area contributed by atoms with E-state index in [0.717, 1.165) is 10.9 Å². The van der Waals surface area contributed by atoms with Crippen molar-refractivity contribution >= 4 is 20.7 Å². The van der Waals surface area contributed by atoms with Gasteiger partial charge in [-0.1, -0.05) is 41.6 Å². The molecule has 0 radical (unpaired) electrons. The predicted octanol–water partition coefficient (Wildman–Crippen LogP) is 2.64. The Hall–Kier alpha value is -3.00. The molecule has 2 aromatic carbocycles. The number of aryl methyl sites for hydroxylation is 2. The molecular formula is C18H16N4O3S. The Labute approximate surface area is 150 Å². The zero-order chi connectivity index (χ0) is 18.1. The Morgan fingerprint density at radius 1 is 1.04 bits per heavy atom. The lowest BCUT2D eigenvalue weighted by molar-refractivity contribution is 0.422. The summed E-state index contributed by atoms with van der Waals surface area (Å²) in [5.41, 5.74) is 1.54. The fourth-order valence-electron chi connectivity index (χ4n) is 2.79. The molecule has 0 spiro atoms. The van der Waals surface area contributed by atoms with Crippen LogP contribution in [0.2, 0.25) is 0 Å². The van der Waals surface area contributed by atoms with Gasteiger partial charge >= 0.3 is 0 Å². The van der Waals surface area contributed by atoms with Crippen molar-refractivity contribution in [1.29, 1.82) is 0 Å². The SMILES string of the molecule is Cn1nc(-c2nc(CCS(=O)(=O)c3ccccc3)no2)c2ccccc21. The maximum Gasteiger partial charge on any atom is 0.279 e. The van der Waals surface area contributed by atoms with E-state index in [4.69, 9.17) is 4.52 Å². The molecule has 26 heavy (non-hydrogen) atoms. The number of para-hydroxylation sites is 1. The maximum absolute atomic E-state index is 12.4. The number of aromatic nitrogens is 4. The van der Waals surface area contributed by atoms with E-state index in [0.29, 0.717) is 16.4 Å². The summed E-state index contributed by atoms with van der Waals surface area (Å²) in [6.07, 6.45) is 0.172.